The van der Waals surface area contributed by atoms with E-state index in [-0.39, 0.29) is 12.5 Å². The molecule has 6 heteroatoms. The minimum Gasteiger partial charge on any atom is -0.355 e. The molecule has 0 heterocycles. The highest BCUT2D eigenvalue weighted by molar-refractivity contribution is 5.79. The summed E-state index contributed by atoms with van der Waals surface area (Å²) in [5.41, 5.74) is 5.35. The Balaban J connectivity index is 3.08. The molecule has 0 bridgehead atoms. The molecule has 0 rings (SSSR count). The maximum Gasteiger partial charge on any atom is 0.239 e. The first-order valence-corrected chi connectivity index (χ1v) is 5.65. The van der Waals surface area contributed by atoms with Gasteiger partial charge in [-0.3, -0.25) is 9.59 Å². The monoisotopic (exact) mass is 230 g/mol. The summed E-state index contributed by atoms with van der Waals surface area (Å²) < 4.78 is 0. The van der Waals surface area contributed by atoms with Crippen molar-refractivity contribution >= 4 is 12.3 Å². The minimum absolute atomic E-state index is 0.0538. The van der Waals surface area contributed by atoms with Gasteiger partial charge in [0.1, 0.15) is 0 Å². The minimum atomic E-state index is -0.150. The van der Waals surface area contributed by atoms with Crippen LogP contribution in [0.25, 0.3) is 0 Å². The predicted octanol–water partition coefficient (Wildman–Crippen LogP) is -1.43. The first kappa shape index (κ1) is 14.9. The molecule has 16 heavy (non-hydrogen) atoms. The number of nitrogens with one attached hydrogen (secondary N) is 3. The summed E-state index contributed by atoms with van der Waals surface area (Å²) in [6.07, 6.45) is 3.46. The Morgan fingerprint density at radius 1 is 1.12 bits per heavy atom. The zero-order valence-electron chi connectivity index (χ0n) is 9.63. The van der Waals surface area contributed by atoms with E-state index in [0.717, 1.165) is 32.4 Å². The van der Waals surface area contributed by atoms with E-state index >= 15 is 0 Å². The van der Waals surface area contributed by atoms with E-state index in [1.54, 1.807) is 0 Å². The van der Waals surface area contributed by atoms with Crippen molar-refractivity contribution in [2.45, 2.75) is 19.3 Å². The van der Waals surface area contributed by atoms with E-state index in [1.807, 2.05) is 0 Å². The van der Waals surface area contributed by atoms with Gasteiger partial charge in [-0.05, 0) is 38.9 Å². The smallest absolute Gasteiger partial charge is 0.239 e. The summed E-state index contributed by atoms with van der Waals surface area (Å²) in [4.78, 5) is 20.9. The lowest BCUT2D eigenvalue weighted by molar-refractivity contribution is -0.122. The zero-order chi connectivity index (χ0) is 12.1. The Kier molecular flexibility index (Phi) is 11.1. The van der Waals surface area contributed by atoms with Crippen LogP contribution >= 0.6 is 0 Å². The zero-order valence-corrected chi connectivity index (χ0v) is 9.63. The van der Waals surface area contributed by atoms with Crippen molar-refractivity contribution in [3.63, 3.8) is 0 Å². The van der Waals surface area contributed by atoms with E-state index in [9.17, 15) is 9.59 Å². The maximum atomic E-state index is 11.0. The fraction of sp³-hybridized carbons (Fsp3) is 0.800. The summed E-state index contributed by atoms with van der Waals surface area (Å²) in [6, 6.07) is 0. The highest BCUT2D eigenvalue weighted by Crippen LogP contribution is 1.84. The number of carbonyl (C=O) groups excluding carboxylic acids is 2. The van der Waals surface area contributed by atoms with Crippen LogP contribution in [0.5, 0.6) is 0 Å². The highest BCUT2D eigenvalue weighted by atomic mass is 16.2. The van der Waals surface area contributed by atoms with Crippen molar-refractivity contribution < 1.29 is 9.59 Å². The third-order valence-corrected chi connectivity index (χ3v) is 2.01. The Morgan fingerprint density at radius 2 is 1.81 bits per heavy atom. The van der Waals surface area contributed by atoms with Crippen LogP contribution in [0.2, 0.25) is 0 Å². The molecular weight excluding hydrogens is 208 g/mol. The molecular formula is C10H22N4O2. The predicted molar refractivity (Wildman–Crippen MR) is 62.9 cm³/mol. The second kappa shape index (κ2) is 11.9. The van der Waals surface area contributed by atoms with Crippen LogP contribution in [0.1, 0.15) is 19.3 Å². The van der Waals surface area contributed by atoms with Crippen LogP contribution in [-0.2, 0) is 9.59 Å². The van der Waals surface area contributed by atoms with Gasteiger partial charge in [0.25, 0.3) is 0 Å². The molecule has 0 fully saturated rings. The molecule has 0 saturated heterocycles. The maximum absolute atomic E-state index is 11.0. The molecule has 0 radical (unpaired) electrons. The van der Waals surface area contributed by atoms with E-state index in [2.05, 4.69) is 16.0 Å². The first-order chi connectivity index (χ1) is 7.81. The molecule has 0 aliphatic carbocycles. The van der Waals surface area contributed by atoms with Crippen LogP contribution in [0.15, 0.2) is 0 Å². The molecule has 0 saturated carbocycles. The van der Waals surface area contributed by atoms with E-state index < -0.39 is 0 Å². The number of rotatable bonds is 11. The number of hydrogen-bond acceptors (Lipinski definition) is 4. The van der Waals surface area contributed by atoms with E-state index in [1.165, 1.54) is 0 Å². The van der Waals surface area contributed by atoms with Gasteiger partial charge in [0.15, 0.2) is 0 Å². The average Bonchev–Trinajstić information content (AvgIpc) is 2.30. The van der Waals surface area contributed by atoms with Gasteiger partial charge in [-0.25, -0.2) is 0 Å². The van der Waals surface area contributed by atoms with Crippen molar-refractivity contribution in [2.24, 2.45) is 5.73 Å². The van der Waals surface area contributed by atoms with Crippen LogP contribution in [0.3, 0.4) is 0 Å². The standard InChI is InChI=1S/C10H22N4O2/c11-4-3-6-12-5-1-2-7-14-10(16)8-13-9-15/h9,12H,1-8,11H2,(H,13,15)(H,14,16). The summed E-state index contributed by atoms with van der Waals surface area (Å²) >= 11 is 0. The molecule has 0 aliphatic rings. The third kappa shape index (κ3) is 10.9. The molecule has 0 aromatic carbocycles. The first-order valence-electron chi connectivity index (χ1n) is 5.65. The van der Waals surface area contributed by atoms with Crippen molar-refractivity contribution in [2.75, 3.05) is 32.7 Å². The van der Waals surface area contributed by atoms with Gasteiger partial charge in [-0.1, -0.05) is 0 Å². The molecule has 94 valence electrons. The summed E-state index contributed by atoms with van der Waals surface area (Å²) in [7, 11) is 0. The lowest BCUT2D eigenvalue weighted by atomic mass is 10.3. The van der Waals surface area contributed by atoms with Gasteiger partial charge >= 0.3 is 0 Å². The second-order valence-electron chi connectivity index (χ2n) is 3.45. The van der Waals surface area contributed by atoms with Crippen LogP contribution in [0.4, 0.5) is 0 Å². The third-order valence-electron chi connectivity index (χ3n) is 2.01. The Bertz CT molecular complexity index is 188. The summed E-state index contributed by atoms with van der Waals surface area (Å²) in [5, 5.41) is 8.28. The molecule has 0 aliphatic heterocycles. The van der Waals surface area contributed by atoms with Gasteiger partial charge in [0.05, 0.1) is 6.54 Å². The number of nitrogens with two attached hydrogens (primary N) is 1. The van der Waals surface area contributed by atoms with Gasteiger partial charge in [-0.2, -0.15) is 0 Å². The van der Waals surface area contributed by atoms with Crippen molar-refractivity contribution in [1.82, 2.24) is 16.0 Å². The largest absolute Gasteiger partial charge is 0.355 e. The molecule has 0 spiro atoms. The van der Waals surface area contributed by atoms with Crippen molar-refractivity contribution in [3.8, 4) is 0 Å². The van der Waals surface area contributed by atoms with Crippen LogP contribution < -0.4 is 21.7 Å². The number of carbonyl (C=O) groups is 2. The van der Waals surface area contributed by atoms with Crippen LogP contribution in [0, 0.1) is 0 Å². The number of unbranched alkanes of at least 4 members (excludes halogenated alkanes) is 1. The fourth-order valence-electron chi connectivity index (χ4n) is 1.15. The quantitative estimate of drug-likeness (QED) is 0.258. The lowest BCUT2D eigenvalue weighted by Crippen LogP contribution is -2.34. The molecule has 0 unspecified atom stereocenters. The van der Waals surface area contributed by atoms with Crippen LogP contribution in [-0.4, -0.2) is 45.0 Å². The molecule has 6 nitrogen and oxygen atoms in total. The normalized spacial score (nSPS) is 9.81. The average molecular weight is 230 g/mol. The summed E-state index contributed by atoms with van der Waals surface area (Å²) in [6.45, 7) is 3.32. The summed E-state index contributed by atoms with van der Waals surface area (Å²) in [5.74, 6) is -0.150. The van der Waals surface area contributed by atoms with E-state index in [4.69, 9.17) is 5.73 Å². The van der Waals surface area contributed by atoms with Gasteiger partial charge in [0.2, 0.25) is 12.3 Å². The SMILES string of the molecule is NCCCNCCCCNC(=O)CNC=O. The van der Waals surface area contributed by atoms with Crippen molar-refractivity contribution in [3.05, 3.63) is 0 Å². The highest BCUT2D eigenvalue weighted by Gasteiger charge is 1.97. The second-order valence-corrected chi connectivity index (χ2v) is 3.45. The lowest BCUT2D eigenvalue weighted by Gasteiger charge is -2.05. The molecule has 0 aromatic heterocycles. The van der Waals surface area contributed by atoms with Crippen molar-refractivity contribution in [1.29, 1.82) is 0 Å². The topological polar surface area (TPSA) is 96.2 Å². The number of hydrogen-bond donors (Lipinski definition) is 4. The number of amides is 2. The molecule has 2 amide bonds. The van der Waals surface area contributed by atoms with E-state index in [0.29, 0.717) is 19.5 Å². The molecule has 0 aromatic rings. The van der Waals surface area contributed by atoms with Gasteiger partial charge < -0.3 is 21.7 Å². The van der Waals surface area contributed by atoms with Gasteiger partial charge in [-0.15, -0.1) is 0 Å². The fourth-order valence-corrected chi connectivity index (χ4v) is 1.15. The molecule has 5 N–H and O–H groups in total. The Morgan fingerprint density at radius 3 is 2.50 bits per heavy atom. The van der Waals surface area contributed by atoms with Gasteiger partial charge in [0, 0.05) is 6.54 Å². The Hall–Kier alpha value is -1.14. The Labute approximate surface area is 96.3 Å². The molecule has 0 atom stereocenters.